The number of ether oxygens (including phenoxy) is 2. The van der Waals surface area contributed by atoms with E-state index in [-0.39, 0.29) is 5.75 Å². The second-order valence-electron chi connectivity index (χ2n) is 7.63. The standard InChI is InChI=1S/C22H20F3N5O4/c1-29-9-11-30(12-10-29)16-4-2-3-15(13-16)14-5-7-17(8-6-14)33-19-18(26-28-27-19)20(31)34-21(32)22(23,24)25/h2-8,13H,9-12H2,1H3,(H,26,27,28). The molecule has 0 unspecified atom stereocenters. The van der Waals surface area contributed by atoms with E-state index in [0.29, 0.717) is 0 Å². The Hall–Kier alpha value is -3.93. The smallest absolute Gasteiger partial charge is 0.436 e. The van der Waals surface area contributed by atoms with Crippen LogP contribution in [0.25, 0.3) is 11.1 Å². The number of hydrogen-bond acceptors (Lipinski definition) is 8. The maximum Gasteiger partial charge on any atom is 0.491 e. The Morgan fingerprint density at radius 3 is 2.38 bits per heavy atom. The normalized spacial score (nSPS) is 14.6. The fraction of sp³-hybridized carbons (Fsp3) is 0.273. The lowest BCUT2D eigenvalue weighted by Crippen LogP contribution is -2.44. The molecule has 1 aliphatic rings. The summed E-state index contributed by atoms with van der Waals surface area (Å²) in [6.07, 6.45) is -5.32. The SMILES string of the molecule is CN1CCN(c2cccc(-c3ccc(Oc4nn[nH]c4C(=O)OC(=O)C(F)(F)F)cc3)c2)CC1. The van der Waals surface area contributed by atoms with Crippen LogP contribution in [0.5, 0.6) is 11.6 Å². The zero-order chi connectivity index (χ0) is 24.3. The molecule has 4 rings (SSSR count). The number of H-pyrrole nitrogens is 1. The fourth-order valence-electron chi connectivity index (χ4n) is 3.39. The van der Waals surface area contributed by atoms with E-state index >= 15 is 0 Å². The number of aromatic amines is 1. The van der Waals surface area contributed by atoms with Gasteiger partial charge in [-0.25, -0.2) is 14.7 Å². The number of nitrogens with one attached hydrogen (secondary N) is 1. The lowest BCUT2D eigenvalue weighted by molar-refractivity contribution is -0.193. The Labute approximate surface area is 192 Å². The van der Waals surface area contributed by atoms with Gasteiger partial charge in [0, 0.05) is 31.9 Å². The maximum absolute atomic E-state index is 12.3. The van der Waals surface area contributed by atoms with Gasteiger partial charge in [0.2, 0.25) is 5.69 Å². The summed E-state index contributed by atoms with van der Waals surface area (Å²) in [6, 6.07) is 15.0. The molecule has 1 saturated heterocycles. The zero-order valence-corrected chi connectivity index (χ0v) is 18.0. The predicted molar refractivity (Wildman–Crippen MR) is 115 cm³/mol. The number of anilines is 1. The first-order valence-corrected chi connectivity index (χ1v) is 10.3. The number of halogens is 3. The number of nitrogens with zero attached hydrogens (tertiary/aromatic N) is 4. The van der Waals surface area contributed by atoms with Crippen molar-refractivity contribution in [1.82, 2.24) is 20.3 Å². The minimum Gasteiger partial charge on any atom is -0.436 e. The van der Waals surface area contributed by atoms with Gasteiger partial charge < -0.3 is 19.3 Å². The van der Waals surface area contributed by atoms with Gasteiger partial charge >= 0.3 is 18.1 Å². The Kier molecular flexibility index (Phi) is 6.50. The molecule has 0 atom stereocenters. The van der Waals surface area contributed by atoms with Crippen molar-refractivity contribution >= 4 is 17.6 Å². The molecule has 3 aromatic rings. The summed E-state index contributed by atoms with van der Waals surface area (Å²) in [5, 5.41) is 8.92. The minimum absolute atomic E-state index is 0.254. The molecule has 178 valence electrons. The van der Waals surface area contributed by atoms with E-state index in [0.717, 1.165) is 43.0 Å². The summed E-state index contributed by atoms with van der Waals surface area (Å²) >= 11 is 0. The lowest BCUT2D eigenvalue weighted by atomic mass is 10.0. The van der Waals surface area contributed by atoms with E-state index in [1.54, 1.807) is 24.3 Å². The van der Waals surface area contributed by atoms with Gasteiger partial charge in [-0.2, -0.15) is 13.2 Å². The van der Waals surface area contributed by atoms with E-state index in [2.05, 4.69) is 49.1 Å². The number of benzene rings is 2. The molecule has 0 bridgehead atoms. The van der Waals surface area contributed by atoms with E-state index in [4.69, 9.17) is 4.74 Å². The fourth-order valence-corrected chi connectivity index (χ4v) is 3.39. The molecular formula is C22H20F3N5O4. The molecule has 2 aromatic carbocycles. The third-order valence-electron chi connectivity index (χ3n) is 5.25. The van der Waals surface area contributed by atoms with Crippen LogP contribution in [0.2, 0.25) is 0 Å². The van der Waals surface area contributed by atoms with E-state index in [9.17, 15) is 22.8 Å². The van der Waals surface area contributed by atoms with Crippen LogP contribution in [-0.4, -0.2) is 71.7 Å². The van der Waals surface area contributed by atoms with Gasteiger partial charge in [0.15, 0.2) is 0 Å². The molecule has 34 heavy (non-hydrogen) atoms. The molecule has 0 spiro atoms. The van der Waals surface area contributed by atoms with Gasteiger partial charge in [-0.05, 0) is 42.4 Å². The molecule has 1 fully saturated rings. The Morgan fingerprint density at radius 2 is 1.71 bits per heavy atom. The Morgan fingerprint density at radius 1 is 1.00 bits per heavy atom. The number of rotatable bonds is 5. The number of piperazine rings is 1. The molecule has 12 heteroatoms. The van der Waals surface area contributed by atoms with Crippen LogP contribution in [0.4, 0.5) is 18.9 Å². The van der Waals surface area contributed by atoms with Gasteiger partial charge in [0.25, 0.3) is 5.88 Å². The predicted octanol–water partition coefficient (Wildman–Crippen LogP) is 3.26. The van der Waals surface area contributed by atoms with Crippen molar-refractivity contribution in [2.24, 2.45) is 0 Å². The first-order valence-electron chi connectivity index (χ1n) is 10.3. The van der Waals surface area contributed by atoms with Crippen molar-refractivity contribution in [3.63, 3.8) is 0 Å². The van der Waals surface area contributed by atoms with Crippen LogP contribution in [0.1, 0.15) is 10.5 Å². The van der Waals surface area contributed by atoms with Crippen LogP contribution in [0.3, 0.4) is 0 Å². The molecule has 0 aliphatic carbocycles. The minimum atomic E-state index is -5.32. The lowest BCUT2D eigenvalue weighted by Gasteiger charge is -2.34. The Balaban J connectivity index is 1.45. The van der Waals surface area contributed by atoms with Crippen molar-refractivity contribution in [1.29, 1.82) is 0 Å². The average Bonchev–Trinajstić information content (AvgIpc) is 3.28. The summed E-state index contributed by atoms with van der Waals surface area (Å²) in [7, 11) is 2.10. The van der Waals surface area contributed by atoms with Crippen LogP contribution >= 0.6 is 0 Å². The largest absolute Gasteiger partial charge is 0.491 e. The van der Waals surface area contributed by atoms with Crippen molar-refractivity contribution in [3.05, 3.63) is 54.2 Å². The van der Waals surface area contributed by atoms with E-state index < -0.39 is 29.7 Å². The number of alkyl halides is 3. The summed E-state index contributed by atoms with van der Waals surface area (Å²) < 4.78 is 46.2. The first kappa shape index (κ1) is 23.2. The number of hydrogen-bond donors (Lipinski definition) is 1. The number of carbonyl (C=O) groups excluding carboxylic acids is 2. The monoisotopic (exact) mass is 475 g/mol. The maximum atomic E-state index is 12.3. The summed E-state index contributed by atoms with van der Waals surface area (Å²) in [4.78, 5) is 27.3. The average molecular weight is 475 g/mol. The second kappa shape index (κ2) is 9.51. The number of carbonyl (C=O) groups is 2. The molecule has 9 nitrogen and oxygen atoms in total. The second-order valence-corrected chi connectivity index (χ2v) is 7.63. The van der Waals surface area contributed by atoms with Gasteiger partial charge in [-0.1, -0.05) is 34.6 Å². The van der Waals surface area contributed by atoms with E-state index in [1.165, 1.54) is 0 Å². The van der Waals surface area contributed by atoms with Crippen molar-refractivity contribution < 1.29 is 32.2 Å². The molecule has 1 N–H and O–H groups in total. The molecular weight excluding hydrogens is 455 g/mol. The first-order chi connectivity index (χ1) is 16.2. The number of likely N-dealkylation sites (N-methyl/N-ethyl adjacent to an activating group) is 1. The molecule has 0 amide bonds. The summed E-state index contributed by atoms with van der Waals surface area (Å²) in [5.74, 6) is -4.44. The van der Waals surface area contributed by atoms with Crippen LogP contribution in [0, 0.1) is 0 Å². The van der Waals surface area contributed by atoms with Crippen LogP contribution in [-0.2, 0) is 9.53 Å². The highest BCUT2D eigenvalue weighted by Crippen LogP contribution is 2.29. The molecule has 0 radical (unpaired) electrons. The number of aromatic nitrogens is 3. The third-order valence-corrected chi connectivity index (χ3v) is 5.25. The number of esters is 2. The highest BCUT2D eigenvalue weighted by Gasteiger charge is 2.43. The molecule has 0 saturated carbocycles. The molecule has 2 heterocycles. The molecule has 1 aromatic heterocycles. The van der Waals surface area contributed by atoms with Gasteiger partial charge in [-0.15, -0.1) is 0 Å². The van der Waals surface area contributed by atoms with Gasteiger partial charge in [0.1, 0.15) is 5.75 Å². The van der Waals surface area contributed by atoms with Crippen molar-refractivity contribution in [2.45, 2.75) is 6.18 Å². The van der Waals surface area contributed by atoms with Gasteiger partial charge in [-0.3, -0.25) is 0 Å². The Bertz CT molecular complexity index is 1170. The zero-order valence-electron chi connectivity index (χ0n) is 18.0. The highest BCUT2D eigenvalue weighted by atomic mass is 19.4. The van der Waals surface area contributed by atoms with Crippen LogP contribution < -0.4 is 9.64 Å². The van der Waals surface area contributed by atoms with Crippen LogP contribution in [0.15, 0.2) is 48.5 Å². The quantitative estimate of drug-likeness (QED) is 0.443. The third kappa shape index (κ3) is 5.34. The van der Waals surface area contributed by atoms with E-state index in [1.807, 2.05) is 12.1 Å². The highest BCUT2D eigenvalue weighted by molar-refractivity contribution is 5.98. The summed E-state index contributed by atoms with van der Waals surface area (Å²) in [5.41, 5.74) is 2.42. The van der Waals surface area contributed by atoms with Crippen molar-refractivity contribution in [3.8, 4) is 22.8 Å². The topological polar surface area (TPSA) is 101 Å². The van der Waals surface area contributed by atoms with Gasteiger partial charge in [0.05, 0.1) is 0 Å². The van der Waals surface area contributed by atoms with Crippen molar-refractivity contribution in [2.75, 3.05) is 38.1 Å². The summed E-state index contributed by atoms with van der Waals surface area (Å²) in [6.45, 7) is 3.89. The molecule has 1 aliphatic heterocycles.